The fourth-order valence-electron chi connectivity index (χ4n) is 1.46. The van der Waals surface area contributed by atoms with Crippen LogP contribution in [0.3, 0.4) is 0 Å². The molecule has 2 rings (SSSR count). The van der Waals surface area contributed by atoms with E-state index < -0.39 is 5.25 Å². The molecule has 0 bridgehead atoms. The van der Waals surface area contributed by atoms with Gasteiger partial charge in [-0.1, -0.05) is 30.3 Å². The largest absolute Gasteiger partial charge is 0.293 e. The van der Waals surface area contributed by atoms with Crippen LogP contribution in [0.5, 0.6) is 0 Å². The molecule has 0 saturated carbocycles. The van der Waals surface area contributed by atoms with Crippen molar-refractivity contribution in [3.05, 3.63) is 66.0 Å². The first kappa shape index (κ1) is 10.9. The fourth-order valence-corrected chi connectivity index (χ4v) is 1.78. The van der Waals surface area contributed by atoms with Crippen LogP contribution in [0.15, 0.2) is 54.9 Å². The monoisotopic (exact) mass is 229 g/mol. The van der Waals surface area contributed by atoms with E-state index >= 15 is 0 Å². The molecule has 1 unspecified atom stereocenters. The van der Waals surface area contributed by atoms with Crippen LogP contribution in [0, 0.1) is 0 Å². The van der Waals surface area contributed by atoms with E-state index in [1.165, 1.54) is 0 Å². The van der Waals surface area contributed by atoms with E-state index in [1.54, 1.807) is 36.7 Å². The lowest BCUT2D eigenvalue weighted by Crippen LogP contribution is -2.07. The molecule has 0 aliphatic carbocycles. The van der Waals surface area contributed by atoms with Gasteiger partial charge < -0.3 is 0 Å². The first-order valence-corrected chi connectivity index (χ1v) is 5.48. The summed E-state index contributed by atoms with van der Waals surface area (Å²) in [5, 5.41) is -0.426. The Bertz CT molecular complexity index is 470. The van der Waals surface area contributed by atoms with E-state index in [0.29, 0.717) is 5.56 Å². The van der Waals surface area contributed by atoms with Crippen LogP contribution >= 0.6 is 12.6 Å². The van der Waals surface area contributed by atoms with Crippen LogP contribution in [-0.2, 0) is 0 Å². The minimum absolute atomic E-state index is 0.00938. The third kappa shape index (κ3) is 2.31. The average Bonchev–Trinajstić information content (AvgIpc) is 2.39. The smallest absolute Gasteiger partial charge is 0.179 e. The van der Waals surface area contributed by atoms with Gasteiger partial charge in [0.2, 0.25) is 0 Å². The van der Waals surface area contributed by atoms with Crippen molar-refractivity contribution in [2.75, 3.05) is 0 Å². The Morgan fingerprint density at radius 1 is 1.06 bits per heavy atom. The molecule has 0 radical (unpaired) electrons. The molecule has 1 aromatic heterocycles. The summed E-state index contributed by atoms with van der Waals surface area (Å²) < 4.78 is 0. The normalized spacial score (nSPS) is 12.1. The molecule has 0 saturated heterocycles. The van der Waals surface area contributed by atoms with Crippen molar-refractivity contribution < 1.29 is 4.79 Å². The van der Waals surface area contributed by atoms with Gasteiger partial charge in [-0.15, -0.1) is 0 Å². The van der Waals surface area contributed by atoms with Crippen LogP contribution in [0.1, 0.15) is 21.2 Å². The summed E-state index contributed by atoms with van der Waals surface area (Å²) in [5.41, 5.74) is 1.55. The van der Waals surface area contributed by atoms with E-state index in [-0.39, 0.29) is 5.78 Å². The second kappa shape index (κ2) is 4.94. The summed E-state index contributed by atoms with van der Waals surface area (Å²) in [5.74, 6) is 0.00938. The SMILES string of the molecule is O=C(c1ccccc1)C(S)c1ccncc1. The molecule has 80 valence electrons. The summed E-state index contributed by atoms with van der Waals surface area (Å²) in [6.07, 6.45) is 3.33. The van der Waals surface area contributed by atoms with Gasteiger partial charge in [-0.25, -0.2) is 0 Å². The zero-order valence-electron chi connectivity index (χ0n) is 8.58. The molecule has 0 amide bonds. The predicted molar refractivity (Wildman–Crippen MR) is 66.7 cm³/mol. The van der Waals surface area contributed by atoms with Crippen molar-refractivity contribution in [3.8, 4) is 0 Å². The molecule has 0 spiro atoms. The van der Waals surface area contributed by atoms with Gasteiger partial charge in [0.25, 0.3) is 0 Å². The van der Waals surface area contributed by atoms with E-state index in [2.05, 4.69) is 17.6 Å². The van der Waals surface area contributed by atoms with Crippen LogP contribution in [0.25, 0.3) is 0 Å². The summed E-state index contributed by atoms with van der Waals surface area (Å²) >= 11 is 4.35. The van der Waals surface area contributed by atoms with Gasteiger partial charge in [0.05, 0.1) is 5.25 Å². The van der Waals surface area contributed by atoms with E-state index in [4.69, 9.17) is 0 Å². The van der Waals surface area contributed by atoms with E-state index in [0.717, 1.165) is 5.56 Å². The molecule has 2 aromatic rings. The average molecular weight is 229 g/mol. The maximum Gasteiger partial charge on any atom is 0.179 e. The van der Waals surface area contributed by atoms with Crippen molar-refractivity contribution in [3.63, 3.8) is 0 Å². The highest BCUT2D eigenvalue weighted by molar-refractivity contribution is 7.81. The van der Waals surface area contributed by atoms with Crippen LogP contribution in [-0.4, -0.2) is 10.8 Å². The summed E-state index contributed by atoms with van der Waals surface area (Å²) in [4.78, 5) is 16.0. The highest BCUT2D eigenvalue weighted by Crippen LogP contribution is 2.23. The molecule has 1 heterocycles. The first-order valence-electron chi connectivity index (χ1n) is 4.96. The highest BCUT2D eigenvalue weighted by Gasteiger charge is 2.17. The van der Waals surface area contributed by atoms with Gasteiger partial charge in [0.15, 0.2) is 5.78 Å². The minimum atomic E-state index is -0.426. The molecule has 0 fully saturated rings. The molecular formula is C13H11NOS. The summed E-state index contributed by atoms with van der Waals surface area (Å²) in [6, 6.07) is 12.8. The van der Waals surface area contributed by atoms with Crippen LogP contribution in [0.4, 0.5) is 0 Å². The van der Waals surface area contributed by atoms with Crippen molar-refractivity contribution in [1.29, 1.82) is 0 Å². The Kier molecular flexibility index (Phi) is 3.37. The Morgan fingerprint density at radius 3 is 2.31 bits per heavy atom. The van der Waals surface area contributed by atoms with Crippen LogP contribution < -0.4 is 0 Å². The van der Waals surface area contributed by atoms with Crippen molar-refractivity contribution in [2.24, 2.45) is 0 Å². The minimum Gasteiger partial charge on any atom is -0.293 e. The predicted octanol–water partition coefficient (Wildman–Crippen LogP) is 2.94. The lowest BCUT2D eigenvalue weighted by atomic mass is 10.0. The second-order valence-corrected chi connectivity index (χ2v) is 3.93. The Hall–Kier alpha value is -1.61. The van der Waals surface area contributed by atoms with E-state index in [1.807, 2.05) is 18.2 Å². The van der Waals surface area contributed by atoms with Crippen molar-refractivity contribution in [2.45, 2.75) is 5.25 Å². The topological polar surface area (TPSA) is 30.0 Å². The van der Waals surface area contributed by atoms with Gasteiger partial charge in [0, 0.05) is 18.0 Å². The molecule has 3 heteroatoms. The van der Waals surface area contributed by atoms with Gasteiger partial charge in [-0.3, -0.25) is 9.78 Å². The number of nitrogens with zero attached hydrogens (tertiary/aromatic N) is 1. The number of aromatic nitrogens is 1. The standard InChI is InChI=1S/C13H11NOS/c15-12(10-4-2-1-3-5-10)13(16)11-6-8-14-9-7-11/h1-9,13,16H. The molecule has 0 aliphatic heterocycles. The summed E-state index contributed by atoms with van der Waals surface area (Å²) in [6.45, 7) is 0. The van der Waals surface area contributed by atoms with Gasteiger partial charge in [-0.05, 0) is 17.7 Å². The molecule has 1 atom stereocenters. The number of Topliss-reactive ketones (excluding diaryl/α,β-unsaturated/α-hetero) is 1. The number of carbonyl (C=O) groups excluding carboxylic acids is 1. The number of carbonyl (C=O) groups is 1. The number of ketones is 1. The molecule has 0 aliphatic rings. The highest BCUT2D eigenvalue weighted by atomic mass is 32.1. The lowest BCUT2D eigenvalue weighted by molar-refractivity contribution is 0.0990. The fraction of sp³-hybridized carbons (Fsp3) is 0.0769. The number of rotatable bonds is 3. The Morgan fingerprint density at radius 2 is 1.69 bits per heavy atom. The van der Waals surface area contributed by atoms with E-state index in [9.17, 15) is 4.79 Å². The molecule has 2 nitrogen and oxygen atoms in total. The van der Waals surface area contributed by atoms with Crippen LogP contribution in [0.2, 0.25) is 0 Å². The lowest BCUT2D eigenvalue weighted by Gasteiger charge is -2.09. The number of hydrogen-bond acceptors (Lipinski definition) is 3. The number of pyridine rings is 1. The zero-order chi connectivity index (χ0) is 11.4. The van der Waals surface area contributed by atoms with Gasteiger partial charge in [0.1, 0.15) is 0 Å². The Balaban J connectivity index is 2.24. The first-order chi connectivity index (χ1) is 7.79. The quantitative estimate of drug-likeness (QED) is 0.648. The third-order valence-electron chi connectivity index (χ3n) is 2.33. The maximum atomic E-state index is 12.0. The summed E-state index contributed by atoms with van der Waals surface area (Å²) in [7, 11) is 0. The number of hydrogen-bond donors (Lipinski definition) is 1. The maximum absolute atomic E-state index is 12.0. The molecule has 16 heavy (non-hydrogen) atoms. The number of benzene rings is 1. The van der Waals surface area contributed by atoms with Gasteiger partial charge >= 0.3 is 0 Å². The van der Waals surface area contributed by atoms with Crippen molar-refractivity contribution >= 4 is 18.4 Å². The zero-order valence-corrected chi connectivity index (χ0v) is 9.47. The van der Waals surface area contributed by atoms with Crippen molar-refractivity contribution in [1.82, 2.24) is 4.98 Å². The molecular weight excluding hydrogens is 218 g/mol. The molecule has 0 N–H and O–H groups in total. The number of thiol groups is 1. The van der Waals surface area contributed by atoms with Gasteiger partial charge in [-0.2, -0.15) is 12.6 Å². The Labute approximate surface area is 99.8 Å². The molecule has 1 aromatic carbocycles. The second-order valence-electron chi connectivity index (χ2n) is 3.41. The third-order valence-corrected chi connectivity index (χ3v) is 2.86.